The summed E-state index contributed by atoms with van der Waals surface area (Å²) in [5, 5.41) is 12.8. The van der Waals surface area contributed by atoms with Crippen molar-refractivity contribution in [3.05, 3.63) is 90.0 Å². The van der Waals surface area contributed by atoms with Crippen molar-refractivity contribution in [2.45, 2.75) is 23.8 Å². The van der Waals surface area contributed by atoms with Gasteiger partial charge in [0.2, 0.25) is 5.91 Å². The molecule has 1 heterocycles. The van der Waals surface area contributed by atoms with Gasteiger partial charge in [-0.2, -0.15) is 0 Å². The summed E-state index contributed by atoms with van der Waals surface area (Å²) in [7, 11) is 0. The van der Waals surface area contributed by atoms with Gasteiger partial charge in [-0.15, -0.1) is 10.2 Å². The van der Waals surface area contributed by atoms with Gasteiger partial charge in [-0.05, 0) is 42.8 Å². The molecular weight excluding hydrogens is 428 g/mol. The number of nitrogens with zero attached hydrogens (tertiary/aromatic N) is 3. The third-order valence-corrected chi connectivity index (χ3v) is 6.26. The Morgan fingerprint density at radius 3 is 2.26 bits per heavy atom. The van der Waals surface area contributed by atoms with E-state index in [1.54, 1.807) is 24.3 Å². The van der Waals surface area contributed by atoms with Crippen LogP contribution in [0.25, 0.3) is 17.1 Å². The van der Waals surface area contributed by atoms with Crippen LogP contribution in [-0.2, 0) is 4.79 Å². The molecule has 1 N–H and O–H groups in total. The van der Waals surface area contributed by atoms with E-state index in [9.17, 15) is 4.79 Å². The van der Waals surface area contributed by atoms with Crippen LogP contribution < -0.4 is 5.32 Å². The number of halogens is 1. The number of nitrogens with one attached hydrogen (secondary N) is 1. The highest BCUT2D eigenvalue weighted by molar-refractivity contribution is 8.00. The number of anilines is 1. The summed E-state index contributed by atoms with van der Waals surface area (Å²) in [6.45, 7) is 1.99. The number of thioether (sulfide) groups is 1. The molecule has 1 aromatic heterocycles. The summed E-state index contributed by atoms with van der Waals surface area (Å²) in [5.41, 5.74) is 2.62. The van der Waals surface area contributed by atoms with Crippen LogP contribution in [-0.4, -0.2) is 25.9 Å². The first kappa shape index (κ1) is 21.2. The Labute approximate surface area is 190 Å². The summed E-state index contributed by atoms with van der Waals surface area (Å²) in [4.78, 5) is 12.9. The van der Waals surface area contributed by atoms with Crippen molar-refractivity contribution >= 4 is 35.0 Å². The topological polar surface area (TPSA) is 59.8 Å². The van der Waals surface area contributed by atoms with Gasteiger partial charge < -0.3 is 5.32 Å². The number of carbonyl (C=O) groups is 1. The average molecular weight is 449 g/mol. The molecule has 0 aliphatic rings. The highest BCUT2D eigenvalue weighted by Crippen LogP contribution is 2.31. The van der Waals surface area contributed by atoms with E-state index in [-0.39, 0.29) is 11.2 Å². The van der Waals surface area contributed by atoms with Crippen LogP contribution in [0.3, 0.4) is 0 Å². The number of para-hydroxylation sites is 1. The summed E-state index contributed by atoms with van der Waals surface area (Å²) >= 11 is 7.35. The molecule has 0 radical (unpaired) electrons. The molecule has 0 aliphatic carbocycles. The van der Waals surface area contributed by atoms with E-state index in [2.05, 4.69) is 15.5 Å². The number of carbonyl (C=O) groups excluding carboxylic acids is 1. The maximum atomic E-state index is 12.9. The minimum atomic E-state index is -0.328. The van der Waals surface area contributed by atoms with Crippen molar-refractivity contribution in [2.24, 2.45) is 0 Å². The second-order valence-corrected chi connectivity index (χ2v) is 8.46. The molecule has 4 aromatic rings. The van der Waals surface area contributed by atoms with E-state index in [4.69, 9.17) is 11.6 Å². The lowest BCUT2D eigenvalue weighted by Gasteiger charge is -2.16. The molecule has 3 aromatic carbocycles. The second-order valence-electron chi connectivity index (χ2n) is 6.85. The molecule has 1 atom stereocenters. The Morgan fingerprint density at radius 1 is 0.968 bits per heavy atom. The fraction of sp³-hybridized carbons (Fsp3) is 0.125. The summed E-state index contributed by atoms with van der Waals surface area (Å²) in [6.07, 6.45) is 0.645. The van der Waals surface area contributed by atoms with Gasteiger partial charge in [0.05, 0.1) is 5.25 Å². The van der Waals surface area contributed by atoms with Gasteiger partial charge in [0.1, 0.15) is 0 Å². The van der Waals surface area contributed by atoms with E-state index < -0.39 is 0 Å². The molecule has 4 rings (SSSR count). The van der Waals surface area contributed by atoms with E-state index in [1.165, 1.54) is 11.8 Å². The van der Waals surface area contributed by atoms with Crippen molar-refractivity contribution < 1.29 is 4.79 Å². The summed E-state index contributed by atoms with van der Waals surface area (Å²) in [6, 6.07) is 26.9. The predicted molar refractivity (Wildman–Crippen MR) is 127 cm³/mol. The lowest BCUT2D eigenvalue weighted by atomic mass is 10.2. The molecule has 5 nitrogen and oxygen atoms in total. The van der Waals surface area contributed by atoms with Gasteiger partial charge in [-0.3, -0.25) is 9.36 Å². The van der Waals surface area contributed by atoms with Gasteiger partial charge in [-0.25, -0.2) is 0 Å². The van der Waals surface area contributed by atoms with Gasteiger partial charge in [-0.1, -0.05) is 78.8 Å². The molecule has 0 fully saturated rings. The zero-order valence-corrected chi connectivity index (χ0v) is 18.5. The Hall–Kier alpha value is -3.09. The minimum absolute atomic E-state index is 0.0845. The molecule has 0 aliphatic heterocycles. The van der Waals surface area contributed by atoms with Crippen LogP contribution in [0.15, 0.2) is 90.1 Å². The zero-order chi connectivity index (χ0) is 21.6. The van der Waals surface area contributed by atoms with Crippen LogP contribution >= 0.6 is 23.4 Å². The third kappa shape index (κ3) is 4.98. The predicted octanol–water partition coefficient (Wildman–Crippen LogP) is 6.10. The highest BCUT2D eigenvalue weighted by Gasteiger charge is 2.24. The van der Waals surface area contributed by atoms with Crippen LogP contribution in [0, 0.1) is 0 Å². The Morgan fingerprint density at radius 2 is 1.61 bits per heavy atom. The molecule has 31 heavy (non-hydrogen) atoms. The van der Waals surface area contributed by atoms with Crippen LogP contribution in [0.2, 0.25) is 5.02 Å². The largest absolute Gasteiger partial charge is 0.325 e. The zero-order valence-electron chi connectivity index (χ0n) is 16.9. The first-order chi connectivity index (χ1) is 15.2. The molecule has 1 amide bonds. The summed E-state index contributed by atoms with van der Waals surface area (Å²) in [5.74, 6) is 0.654. The van der Waals surface area contributed by atoms with Crippen molar-refractivity contribution in [1.82, 2.24) is 14.8 Å². The number of amides is 1. The fourth-order valence-corrected chi connectivity index (χ4v) is 4.23. The lowest BCUT2D eigenvalue weighted by Crippen LogP contribution is -2.25. The smallest absolute Gasteiger partial charge is 0.237 e. The monoisotopic (exact) mass is 448 g/mol. The number of hydrogen-bond acceptors (Lipinski definition) is 4. The molecule has 156 valence electrons. The van der Waals surface area contributed by atoms with E-state index >= 15 is 0 Å². The van der Waals surface area contributed by atoms with Gasteiger partial charge in [0.15, 0.2) is 11.0 Å². The minimum Gasteiger partial charge on any atom is -0.325 e. The van der Waals surface area contributed by atoms with Crippen molar-refractivity contribution in [2.75, 3.05) is 5.32 Å². The quantitative estimate of drug-likeness (QED) is 0.347. The number of hydrogen-bond donors (Lipinski definition) is 1. The van der Waals surface area contributed by atoms with Gasteiger partial charge >= 0.3 is 0 Å². The van der Waals surface area contributed by atoms with Crippen LogP contribution in [0.5, 0.6) is 0 Å². The number of rotatable bonds is 7. The Kier molecular flexibility index (Phi) is 6.70. The number of benzene rings is 3. The Bertz CT molecular complexity index is 1150. The molecular formula is C24H21ClN4OS. The molecule has 7 heteroatoms. The van der Waals surface area contributed by atoms with Crippen molar-refractivity contribution in [1.29, 1.82) is 0 Å². The van der Waals surface area contributed by atoms with E-state index in [1.807, 2.05) is 72.2 Å². The normalized spacial score (nSPS) is 11.8. The van der Waals surface area contributed by atoms with Crippen LogP contribution in [0.4, 0.5) is 5.69 Å². The standard InChI is InChI=1S/C24H21ClN4OS/c1-2-21(23(30)26-19-15-13-18(25)14-16-19)31-24-28-27-22(17-9-5-3-6-10-17)29(24)20-11-7-4-8-12-20/h3-16,21H,2H2,1H3,(H,26,30)/t21-/m0/s1. The highest BCUT2D eigenvalue weighted by atomic mass is 35.5. The number of aromatic nitrogens is 3. The second kappa shape index (κ2) is 9.81. The first-order valence-corrected chi connectivity index (χ1v) is 11.2. The van der Waals surface area contributed by atoms with Crippen molar-refractivity contribution in [3.63, 3.8) is 0 Å². The Balaban J connectivity index is 1.64. The lowest BCUT2D eigenvalue weighted by molar-refractivity contribution is -0.115. The molecule has 0 unspecified atom stereocenters. The fourth-order valence-electron chi connectivity index (χ4n) is 3.14. The van der Waals surface area contributed by atoms with Crippen LogP contribution in [0.1, 0.15) is 13.3 Å². The average Bonchev–Trinajstić information content (AvgIpc) is 3.23. The SMILES string of the molecule is CC[C@H](Sc1nnc(-c2ccccc2)n1-c1ccccc1)C(=O)Nc1ccc(Cl)cc1. The molecule has 0 bridgehead atoms. The first-order valence-electron chi connectivity index (χ1n) is 9.95. The summed E-state index contributed by atoms with van der Waals surface area (Å²) < 4.78 is 2.00. The van der Waals surface area contributed by atoms with Crippen molar-refractivity contribution in [3.8, 4) is 17.1 Å². The van der Waals surface area contributed by atoms with Gasteiger partial charge in [0.25, 0.3) is 0 Å². The molecule has 0 spiro atoms. The van der Waals surface area contributed by atoms with E-state index in [0.29, 0.717) is 22.3 Å². The third-order valence-electron chi connectivity index (χ3n) is 4.70. The molecule has 0 saturated heterocycles. The maximum Gasteiger partial charge on any atom is 0.237 e. The molecule has 0 saturated carbocycles. The maximum absolute atomic E-state index is 12.9. The van der Waals surface area contributed by atoms with E-state index in [0.717, 1.165) is 17.1 Å². The van der Waals surface area contributed by atoms with Gasteiger partial charge in [0, 0.05) is 22.0 Å².